The second kappa shape index (κ2) is 10.0. The maximum atomic E-state index is 13.3. The zero-order valence-corrected chi connectivity index (χ0v) is 22.4. The van der Waals surface area contributed by atoms with E-state index >= 15 is 0 Å². The summed E-state index contributed by atoms with van der Waals surface area (Å²) in [7, 11) is 0. The number of nitrogens with one attached hydrogen (secondary N) is 1. The van der Waals surface area contributed by atoms with E-state index in [0.29, 0.717) is 54.4 Å². The van der Waals surface area contributed by atoms with Crippen LogP contribution in [0.15, 0.2) is 22.7 Å². The second-order valence-corrected chi connectivity index (χ2v) is 11.6. The van der Waals surface area contributed by atoms with Crippen molar-refractivity contribution in [2.24, 2.45) is 0 Å². The molecule has 8 nitrogen and oxygen atoms in total. The highest BCUT2D eigenvalue weighted by Gasteiger charge is 2.49. The van der Waals surface area contributed by atoms with Gasteiger partial charge in [-0.3, -0.25) is 4.90 Å². The van der Waals surface area contributed by atoms with Crippen LogP contribution in [-0.2, 0) is 5.41 Å². The molecule has 1 aromatic carbocycles. The number of nitrogens with zero attached hydrogens (tertiary/aromatic N) is 5. The highest BCUT2D eigenvalue weighted by atomic mass is 35.5. The number of para-hydroxylation sites is 1. The predicted molar refractivity (Wildman–Crippen MR) is 139 cm³/mol. The first kappa shape index (κ1) is 26.2. The third kappa shape index (κ3) is 5.41. The van der Waals surface area contributed by atoms with Crippen molar-refractivity contribution in [1.82, 2.24) is 19.9 Å². The number of carbonyl (C=O) groups is 1. The van der Waals surface area contributed by atoms with Crippen molar-refractivity contribution in [3.05, 3.63) is 34.9 Å². The first-order chi connectivity index (χ1) is 17.5. The molecule has 2 aromatic rings. The van der Waals surface area contributed by atoms with E-state index in [9.17, 15) is 13.6 Å². The number of rotatable bonds is 5. The number of likely N-dealkylation sites (tertiary alicyclic amines) is 1. The zero-order chi connectivity index (χ0) is 26.4. The summed E-state index contributed by atoms with van der Waals surface area (Å²) in [5, 5.41) is 7.70. The molecule has 1 N–H and O–H groups in total. The highest BCUT2D eigenvalue weighted by Crippen LogP contribution is 2.48. The molecule has 0 spiro atoms. The van der Waals surface area contributed by atoms with E-state index in [2.05, 4.69) is 39.1 Å². The van der Waals surface area contributed by atoms with Gasteiger partial charge in [0.1, 0.15) is 0 Å². The fourth-order valence-corrected chi connectivity index (χ4v) is 5.69. The molecule has 1 aromatic heterocycles. The lowest BCUT2D eigenvalue weighted by Crippen LogP contribution is -2.49. The van der Waals surface area contributed by atoms with Gasteiger partial charge in [-0.15, -0.1) is 0 Å². The summed E-state index contributed by atoms with van der Waals surface area (Å²) in [5.74, 6) is -2.18. The standard InChI is InChI=1S/C26H35ClF2N6O2/c1-17(2)33-11-13-34(14-12-33)20-6-4-5-19(27)21(20)30-24(36)35-9-7-25(3,8-10-35)23-31-22(37-32-23)18-15-26(28,29)16-18/h4-6,17-18H,7-16H2,1-3H3,(H,30,36). The maximum Gasteiger partial charge on any atom is 0.321 e. The molecule has 202 valence electrons. The minimum atomic E-state index is -2.63. The Morgan fingerprint density at radius 3 is 2.43 bits per heavy atom. The van der Waals surface area contributed by atoms with Crippen LogP contribution in [0, 0.1) is 0 Å². The van der Waals surface area contributed by atoms with E-state index in [1.807, 2.05) is 19.1 Å². The van der Waals surface area contributed by atoms with E-state index < -0.39 is 5.92 Å². The van der Waals surface area contributed by atoms with E-state index in [0.717, 1.165) is 31.9 Å². The molecule has 0 bridgehead atoms. The Morgan fingerprint density at radius 2 is 1.81 bits per heavy atom. The number of piperidine rings is 1. The Labute approximate surface area is 221 Å². The molecule has 5 rings (SSSR count). The lowest BCUT2D eigenvalue weighted by molar-refractivity contribution is -0.0925. The van der Waals surface area contributed by atoms with Gasteiger partial charge >= 0.3 is 6.03 Å². The van der Waals surface area contributed by atoms with Crippen LogP contribution in [0.1, 0.15) is 64.1 Å². The van der Waals surface area contributed by atoms with Gasteiger partial charge in [0, 0.05) is 69.5 Å². The summed E-state index contributed by atoms with van der Waals surface area (Å²) in [6.07, 6.45) is 0.813. The normalized spacial score (nSPS) is 22.2. The second-order valence-electron chi connectivity index (χ2n) is 11.1. The number of aromatic nitrogens is 2. The summed E-state index contributed by atoms with van der Waals surface area (Å²) >= 11 is 6.55. The van der Waals surface area contributed by atoms with Crippen molar-refractivity contribution in [3.63, 3.8) is 0 Å². The van der Waals surface area contributed by atoms with Crippen molar-refractivity contribution < 1.29 is 18.1 Å². The third-order valence-electron chi connectivity index (χ3n) is 8.18. The summed E-state index contributed by atoms with van der Waals surface area (Å²) in [4.78, 5) is 24.2. The quantitative estimate of drug-likeness (QED) is 0.555. The maximum absolute atomic E-state index is 13.3. The first-order valence-corrected chi connectivity index (χ1v) is 13.5. The zero-order valence-electron chi connectivity index (χ0n) is 21.6. The summed E-state index contributed by atoms with van der Waals surface area (Å²) in [5.41, 5.74) is 1.20. The number of carbonyl (C=O) groups excluding carboxylic acids is 1. The molecule has 3 fully saturated rings. The van der Waals surface area contributed by atoms with E-state index in [1.165, 1.54) is 0 Å². The number of hydrogen-bond acceptors (Lipinski definition) is 6. The number of halogens is 3. The van der Waals surface area contributed by atoms with Crippen LogP contribution >= 0.6 is 11.6 Å². The van der Waals surface area contributed by atoms with Crippen molar-refractivity contribution in [2.45, 2.75) is 69.8 Å². The molecule has 0 radical (unpaired) electrons. The van der Waals surface area contributed by atoms with Gasteiger partial charge in [0.25, 0.3) is 0 Å². The molecule has 3 heterocycles. The Morgan fingerprint density at radius 1 is 1.14 bits per heavy atom. The highest BCUT2D eigenvalue weighted by molar-refractivity contribution is 6.34. The van der Waals surface area contributed by atoms with Crippen LogP contribution in [-0.4, -0.2) is 77.2 Å². The summed E-state index contributed by atoms with van der Waals surface area (Å²) in [6, 6.07) is 6.03. The molecular formula is C26H35ClF2N6O2. The van der Waals surface area contributed by atoms with Crippen LogP contribution in [0.2, 0.25) is 5.02 Å². The largest absolute Gasteiger partial charge is 0.367 e. The molecule has 11 heteroatoms. The number of benzene rings is 1. The van der Waals surface area contributed by atoms with Crippen LogP contribution in [0.5, 0.6) is 0 Å². The van der Waals surface area contributed by atoms with Crippen molar-refractivity contribution in [2.75, 3.05) is 49.5 Å². The average molecular weight is 537 g/mol. The molecular weight excluding hydrogens is 502 g/mol. The number of hydrogen-bond donors (Lipinski definition) is 1. The molecule has 0 atom stereocenters. The third-order valence-corrected chi connectivity index (χ3v) is 8.50. The molecule has 37 heavy (non-hydrogen) atoms. The van der Waals surface area contributed by atoms with Gasteiger partial charge in [-0.2, -0.15) is 4.98 Å². The minimum Gasteiger partial charge on any atom is -0.367 e. The van der Waals surface area contributed by atoms with Gasteiger partial charge < -0.3 is 19.6 Å². The molecule has 2 saturated heterocycles. The SMILES string of the molecule is CC(C)N1CCN(c2cccc(Cl)c2NC(=O)N2CCC(C)(c3noc(C4CC(F)(F)C4)n3)CC2)CC1. The van der Waals surface area contributed by atoms with Crippen molar-refractivity contribution in [3.8, 4) is 0 Å². The van der Waals surface area contributed by atoms with Gasteiger partial charge in [-0.1, -0.05) is 29.7 Å². The van der Waals surface area contributed by atoms with Gasteiger partial charge in [0.05, 0.1) is 16.4 Å². The Bertz CT molecular complexity index is 1120. The summed E-state index contributed by atoms with van der Waals surface area (Å²) in [6.45, 7) is 11.1. The van der Waals surface area contributed by atoms with Crippen LogP contribution in [0.3, 0.4) is 0 Å². The van der Waals surface area contributed by atoms with Gasteiger partial charge in [0.2, 0.25) is 11.8 Å². The van der Waals surface area contributed by atoms with Crippen LogP contribution in [0.25, 0.3) is 0 Å². The fraction of sp³-hybridized carbons (Fsp3) is 0.654. The lowest BCUT2D eigenvalue weighted by atomic mass is 9.79. The lowest BCUT2D eigenvalue weighted by Gasteiger charge is -2.39. The predicted octanol–water partition coefficient (Wildman–Crippen LogP) is 5.35. The number of alkyl halides is 2. The minimum absolute atomic E-state index is 0.192. The van der Waals surface area contributed by atoms with E-state index in [1.54, 1.807) is 11.0 Å². The molecule has 1 aliphatic carbocycles. The van der Waals surface area contributed by atoms with Crippen LogP contribution in [0.4, 0.5) is 25.0 Å². The Balaban J connectivity index is 1.20. The van der Waals surface area contributed by atoms with Crippen molar-refractivity contribution in [1.29, 1.82) is 0 Å². The number of amides is 2. The van der Waals surface area contributed by atoms with Crippen molar-refractivity contribution >= 4 is 29.0 Å². The molecule has 0 unspecified atom stereocenters. The van der Waals surface area contributed by atoms with Crippen LogP contribution < -0.4 is 10.2 Å². The van der Waals surface area contributed by atoms with Gasteiger partial charge in [0.15, 0.2) is 5.82 Å². The van der Waals surface area contributed by atoms with Gasteiger partial charge in [-0.25, -0.2) is 13.6 Å². The molecule has 2 amide bonds. The van der Waals surface area contributed by atoms with E-state index in [-0.39, 0.29) is 30.2 Å². The monoisotopic (exact) mass is 536 g/mol. The fourth-order valence-electron chi connectivity index (χ4n) is 5.47. The van der Waals surface area contributed by atoms with Gasteiger partial charge in [-0.05, 0) is 38.8 Å². The number of anilines is 2. The summed E-state index contributed by atoms with van der Waals surface area (Å²) < 4.78 is 31.8. The Hall–Kier alpha value is -2.46. The first-order valence-electron chi connectivity index (χ1n) is 13.1. The molecule has 1 saturated carbocycles. The number of piperazine rings is 1. The topological polar surface area (TPSA) is 77.7 Å². The average Bonchev–Trinajstić information content (AvgIpc) is 3.35. The van der Waals surface area contributed by atoms with E-state index in [4.69, 9.17) is 16.1 Å². The smallest absolute Gasteiger partial charge is 0.321 e. The Kier molecular flexibility index (Phi) is 7.08. The number of urea groups is 1. The molecule has 2 aliphatic heterocycles. The molecule has 3 aliphatic rings.